The van der Waals surface area contributed by atoms with Gasteiger partial charge in [0.2, 0.25) is 5.75 Å². The Kier molecular flexibility index (Phi) is 6.40. The van der Waals surface area contributed by atoms with Crippen LogP contribution in [0.5, 0.6) is 11.5 Å². The molecule has 0 saturated heterocycles. The van der Waals surface area contributed by atoms with Crippen LogP contribution < -0.4 is 21.6 Å². The van der Waals surface area contributed by atoms with Gasteiger partial charge in [-0.15, -0.1) is 0 Å². The van der Waals surface area contributed by atoms with Crippen LogP contribution in [0, 0.1) is 25.2 Å². The topological polar surface area (TPSA) is 140 Å². The number of aromatic nitrogens is 4. The summed E-state index contributed by atoms with van der Waals surface area (Å²) in [4.78, 5) is 34.5. The molecule has 2 aromatic heterocycles. The van der Waals surface area contributed by atoms with Crippen LogP contribution in [0.25, 0.3) is 0 Å². The molecule has 0 unspecified atom stereocenters. The van der Waals surface area contributed by atoms with E-state index in [-0.39, 0.29) is 28.3 Å². The van der Waals surface area contributed by atoms with E-state index in [2.05, 4.69) is 15.0 Å². The Balaban J connectivity index is 2.20. The Labute approximate surface area is 187 Å². The molecule has 0 amide bonds. The van der Waals surface area contributed by atoms with Gasteiger partial charge in [-0.25, -0.2) is 18.7 Å². The van der Waals surface area contributed by atoms with Crippen LogP contribution in [0.15, 0.2) is 28.0 Å². The number of H-pyrrole nitrogens is 1. The van der Waals surface area contributed by atoms with Crippen molar-refractivity contribution in [3.05, 3.63) is 72.9 Å². The van der Waals surface area contributed by atoms with Gasteiger partial charge in [0.1, 0.15) is 17.4 Å². The number of nitriles is 1. The van der Waals surface area contributed by atoms with Crippen molar-refractivity contribution in [2.45, 2.75) is 33.0 Å². The maximum absolute atomic E-state index is 13.6. The van der Waals surface area contributed by atoms with E-state index in [4.69, 9.17) is 10.5 Å². The third-order valence-electron chi connectivity index (χ3n) is 4.73. The Morgan fingerprint density at radius 2 is 1.94 bits per heavy atom. The number of anilines is 1. The minimum atomic E-state index is -5.15. The summed E-state index contributed by atoms with van der Waals surface area (Å²) in [5.74, 6) is -1.97. The lowest BCUT2D eigenvalue weighted by Crippen LogP contribution is -2.29. The fourth-order valence-corrected chi connectivity index (χ4v) is 3.00. The van der Waals surface area contributed by atoms with E-state index in [1.165, 1.54) is 13.8 Å². The summed E-state index contributed by atoms with van der Waals surface area (Å²) in [6.07, 6.45) is -7.67. The molecule has 9 nitrogen and oxygen atoms in total. The average molecular weight is 482 g/mol. The van der Waals surface area contributed by atoms with Crippen molar-refractivity contribution < 1.29 is 26.7 Å². The van der Waals surface area contributed by atoms with Gasteiger partial charge in [0.25, 0.3) is 17.5 Å². The number of aryl methyl sites for hydroxylation is 1. The first kappa shape index (κ1) is 24.4. The first-order valence-electron chi connectivity index (χ1n) is 9.36. The van der Waals surface area contributed by atoms with Crippen molar-refractivity contribution in [1.29, 1.82) is 5.26 Å². The van der Waals surface area contributed by atoms with Crippen LogP contribution in [-0.2, 0) is 12.7 Å². The predicted octanol–water partition coefficient (Wildman–Crippen LogP) is 3.19. The Bertz CT molecular complexity index is 1420. The van der Waals surface area contributed by atoms with E-state index >= 15 is 0 Å². The SMILES string of the molecule is Cc1nc(N)c(Cn2cnc(C(F)(F)F)c(Oc3cc(C(F)F)cc(C#N)c3C)c2=O)c(=O)[nH]1. The zero-order valence-electron chi connectivity index (χ0n) is 17.5. The van der Waals surface area contributed by atoms with Gasteiger partial charge in [0.15, 0.2) is 5.69 Å². The number of ether oxygens (including phenoxy) is 1. The number of nitrogen functional groups attached to an aromatic ring is 1. The zero-order valence-corrected chi connectivity index (χ0v) is 17.5. The lowest BCUT2D eigenvalue weighted by atomic mass is 10.0. The largest absolute Gasteiger partial charge is 0.449 e. The Hall–Kier alpha value is -4.28. The minimum absolute atomic E-state index is 0.0711. The van der Waals surface area contributed by atoms with Crippen LogP contribution >= 0.6 is 0 Å². The van der Waals surface area contributed by atoms with E-state index in [1.54, 1.807) is 6.07 Å². The molecule has 0 bridgehead atoms. The van der Waals surface area contributed by atoms with E-state index in [0.717, 1.165) is 12.1 Å². The van der Waals surface area contributed by atoms with E-state index in [9.17, 15) is 36.8 Å². The maximum atomic E-state index is 13.6. The van der Waals surface area contributed by atoms with Crippen LogP contribution in [0.1, 0.15) is 40.2 Å². The number of alkyl halides is 5. The molecule has 0 spiro atoms. The minimum Gasteiger partial charge on any atom is -0.449 e. The van der Waals surface area contributed by atoms with Crippen LogP contribution in [-0.4, -0.2) is 19.5 Å². The number of hydrogen-bond donors (Lipinski definition) is 2. The summed E-state index contributed by atoms with van der Waals surface area (Å²) in [5, 5.41) is 9.17. The summed E-state index contributed by atoms with van der Waals surface area (Å²) >= 11 is 0. The van der Waals surface area contributed by atoms with E-state index in [1.807, 2.05) is 0 Å². The maximum Gasteiger partial charge on any atom is 0.437 e. The first-order valence-corrected chi connectivity index (χ1v) is 9.36. The molecule has 3 rings (SSSR count). The molecule has 178 valence electrons. The molecule has 3 N–H and O–H groups in total. The van der Waals surface area contributed by atoms with Crippen molar-refractivity contribution in [3.63, 3.8) is 0 Å². The molecule has 34 heavy (non-hydrogen) atoms. The quantitative estimate of drug-likeness (QED) is 0.533. The predicted molar refractivity (Wildman–Crippen MR) is 108 cm³/mol. The number of halogens is 5. The summed E-state index contributed by atoms with van der Waals surface area (Å²) in [6, 6.07) is 3.23. The molecular weight excluding hydrogens is 467 g/mol. The lowest BCUT2D eigenvalue weighted by Gasteiger charge is -2.17. The van der Waals surface area contributed by atoms with Crippen LogP contribution in [0.4, 0.5) is 27.8 Å². The number of nitrogens with two attached hydrogens (primary N) is 1. The normalized spacial score (nSPS) is 11.5. The van der Waals surface area contributed by atoms with Crippen LogP contribution in [0.2, 0.25) is 0 Å². The van der Waals surface area contributed by atoms with Crippen molar-refractivity contribution in [2.24, 2.45) is 0 Å². The number of aromatic amines is 1. The highest BCUT2D eigenvalue weighted by molar-refractivity contribution is 5.51. The van der Waals surface area contributed by atoms with E-state index in [0.29, 0.717) is 10.9 Å². The number of nitrogens with one attached hydrogen (secondary N) is 1. The third kappa shape index (κ3) is 4.72. The summed E-state index contributed by atoms with van der Waals surface area (Å²) in [6.45, 7) is 2.10. The molecule has 0 fully saturated rings. The van der Waals surface area contributed by atoms with E-state index < -0.39 is 53.0 Å². The molecule has 2 heterocycles. The number of nitrogens with zero attached hydrogens (tertiary/aromatic N) is 4. The second-order valence-electron chi connectivity index (χ2n) is 7.07. The summed E-state index contributed by atoms with van der Waals surface area (Å²) in [5.41, 5.74) is 0.610. The number of hydrogen-bond acceptors (Lipinski definition) is 7. The molecule has 0 aliphatic heterocycles. The van der Waals surface area contributed by atoms with Gasteiger partial charge in [-0.1, -0.05) is 0 Å². The summed E-state index contributed by atoms with van der Waals surface area (Å²) in [7, 11) is 0. The van der Waals surface area contributed by atoms with Gasteiger partial charge < -0.3 is 15.5 Å². The smallest absolute Gasteiger partial charge is 0.437 e. The van der Waals surface area contributed by atoms with Gasteiger partial charge in [-0.05, 0) is 26.0 Å². The second kappa shape index (κ2) is 8.93. The van der Waals surface area contributed by atoms with Crippen molar-refractivity contribution in [3.8, 4) is 17.6 Å². The first-order chi connectivity index (χ1) is 15.8. The lowest BCUT2D eigenvalue weighted by molar-refractivity contribution is -0.142. The average Bonchev–Trinajstić information content (AvgIpc) is 2.73. The third-order valence-corrected chi connectivity index (χ3v) is 4.73. The Morgan fingerprint density at radius 3 is 2.50 bits per heavy atom. The van der Waals surface area contributed by atoms with Crippen molar-refractivity contribution in [1.82, 2.24) is 19.5 Å². The van der Waals surface area contributed by atoms with Gasteiger partial charge >= 0.3 is 6.18 Å². The molecule has 1 aromatic carbocycles. The molecule has 0 atom stereocenters. The van der Waals surface area contributed by atoms with Crippen LogP contribution in [0.3, 0.4) is 0 Å². The highest BCUT2D eigenvalue weighted by Gasteiger charge is 2.39. The fourth-order valence-electron chi connectivity index (χ4n) is 3.00. The molecule has 3 aromatic rings. The summed E-state index contributed by atoms with van der Waals surface area (Å²) < 4.78 is 72.9. The fraction of sp³-hybridized carbons (Fsp3) is 0.250. The standard InChI is InChI=1S/C20H15F5N6O3/c1-8-11(5-26)3-10(16(21)22)4-13(8)34-14-15(20(23,24)25)28-7-31(19(14)33)6-12-17(27)29-9(2)30-18(12)32/h3-4,7,16H,6H2,1-2H3,(H3,27,29,30,32). The molecular formula is C20H15F5N6O3. The van der Waals surface area contributed by atoms with Gasteiger partial charge in [0.05, 0.1) is 30.1 Å². The molecule has 0 aliphatic carbocycles. The van der Waals surface area contributed by atoms with Crippen molar-refractivity contribution >= 4 is 5.82 Å². The van der Waals surface area contributed by atoms with Gasteiger partial charge in [-0.3, -0.25) is 14.2 Å². The highest BCUT2D eigenvalue weighted by atomic mass is 19.4. The molecule has 14 heteroatoms. The highest BCUT2D eigenvalue weighted by Crippen LogP contribution is 2.37. The second-order valence-corrected chi connectivity index (χ2v) is 7.07. The Morgan fingerprint density at radius 1 is 1.26 bits per heavy atom. The zero-order chi connectivity index (χ0) is 25.4. The molecule has 0 aliphatic rings. The number of benzene rings is 1. The molecule has 0 radical (unpaired) electrons. The number of rotatable bonds is 5. The van der Waals surface area contributed by atoms with Gasteiger partial charge in [0, 0.05) is 11.1 Å². The van der Waals surface area contributed by atoms with Gasteiger partial charge in [-0.2, -0.15) is 18.4 Å². The monoisotopic (exact) mass is 482 g/mol. The molecule has 0 saturated carbocycles. The van der Waals surface area contributed by atoms with Crippen molar-refractivity contribution in [2.75, 3.05) is 5.73 Å².